The van der Waals surface area contributed by atoms with Gasteiger partial charge in [0.1, 0.15) is 12.4 Å². The molecule has 0 unspecified atom stereocenters. The number of halogens is 1. The Bertz CT molecular complexity index is 849. The maximum Gasteiger partial charge on any atom is 0.248 e. The van der Waals surface area contributed by atoms with E-state index in [2.05, 4.69) is 10.6 Å². The van der Waals surface area contributed by atoms with E-state index in [0.717, 1.165) is 53.1 Å². The van der Waals surface area contributed by atoms with Crippen LogP contribution in [0.25, 0.3) is 5.57 Å². The van der Waals surface area contributed by atoms with E-state index in [-0.39, 0.29) is 19.1 Å². The molecule has 0 atom stereocenters. The molecule has 154 valence electrons. The van der Waals surface area contributed by atoms with Crippen LogP contribution in [0, 0.1) is 0 Å². The van der Waals surface area contributed by atoms with Crippen LogP contribution in [0.3, 0.4) is 0 Å². The molecule has 6 heteroatoms. The van der Waals surface area contributed by atoms with Crippen LogP contribution in [0.2, 0.25) is 5.02 Å². The molecule has 2 aromatic carbocycles. The average molecular weight is 415 g/mol. The number of aliphatic hydroxyl groups excluding tert-OH is 1. The maximum absolute atomic E-state index is 12.8. The minimum atomic E-state index is -0.0213. The number of aryl methyl sites for hydroxylation is 1. The van der Waals surface area contributed by atoms with Gasteiger partial charge >= 0.3 is 0 Å². The summed E-state index contributed by atoms with van der Waals surface area (Å²) in [6, 6.07) is 15.5. The van der Waals surface area contributed by atoms with Crippen molar-refractivity contribution < 1.29 is 14.6 Å². The fourth-order valence-corrected chi connectivity index (χ4v) is 3.65. The molecule has 1 heterocycles. The van der Waals surface area contributed by atoms with Crippen molar-refractivity contribution in [3.63, 3.8) is 0 Å². The van der Waals surface area contributed by atoms with Gasteiger partial charge in [-0.3, -0.25) is 4.79 Å². The third-order valence-corrected chi connectivity index (χ3v) is 5.29. The van der Waals surface area contributed by atoms with Gasteiger partial charge in [-0.1, -0.05) is 41.9 Å². The van der Waals surface area contributed by atoms with Crippen molar-refractivity contribution in [3.05, 3.63) is 70.3 Å². The summed E-state index contributed by atoms with van der Waals surface area (Å²) in [4.78, 5) is 12.8. The lowest BCUT2D eigenvalue weighted by Crippen LogP contribution is -2.35. The fraction of sp³-hybridized carbons (Fsp3) is 0.348. The number of aliphatic hydroxyl groups is 1. The van der Waals surface area contributed by atoms with Gasteiger partial charge in [-0.25, -0.2) is 0 Å². The normalized spacial score (nSPS) is 14.0. The van der Waals surface area contributed by atoms with Crippen LogP contribution in [0.1, 0.15) is 24.0 Å². The van der Waals surface area contributed by atoms with Gasteiger partial charge in [0.05, 0.1) is 6.61 Å². The highest BCUT2D eigenvalue weighted by atomic mass is 35.5. The van der Waals surface area contributed by atoms with Crippen LogP contribution in [0.4, 0.5) is 0 Å². The van der Waals surface area contributed by atoms with Crippen LogP contribution in [-0.4, -0.2) is 43.9 Å². The summed E-state index contributed by atoms with van der Waals surface area (Å²) in [6.45, 7) is 2.28. The number of rotatable bonds is 9. The van der Waals surface area contributed by atoms with Gasteiger partial charge in [-0.2, -0.15) is 0 Å². The van der Waals surface area contributed by atoms with Crippen molar-refractivity contribution in [1.82, 2.24) is 10.6 Å². The molecule has 0 bridgehead atoms. The lowest BCUT2D eigenvalue weighted by Gasteiger charge is -2.21. The Morgan fingerprint density at radius 3 is 2.72 bits per heavy atom. The van der Waals surface area contributed by atoms with Gasteiger partial charge in [-0.05, 0) is 60.7 Å². The first-order chi connectivity index (χ1) is 14.2. The second-order valence-electron chi connectivity index (χ2n) is 6.93. The number of hydrogen-bond acceptors (Lipinski definition) is 4. The summed E-state index contributed by atoms with van der Waals surface area (Å²) in [7, 11) is 0. The van der Waals surface area contributed by atoms with E-state index in [1.807, 2.05) is 48.5 Å². The summed E-state index contributed by atoms with van der Waals surface area (Å²) in [5, 5.41) is 16.0. The third kappa shape index (κ3) is 6.07. The number of amides is 1. The minimum Gasteiger partial charge on any atom is -0.491 e. The molecule has 2 aromatic rings. The maximum atomic E-state index is 12.8. The van der Waals surface area contributed by atoms with Gasteiger partial charge in [0.15, 0.2) is 0 Å². The summed E-state index contributed by atoms with van der Waals surface area (Å²) >= 11 is 6.19. The topological polar surface area (TPSA) is 70.6 Å². The van der Waals surface area contributed by atoms with Crippen LogP contribution in [-0.2, 0) is 11.2 Å². The van der Waals surface area contributed by atoms with Crippen molar-refractivity contribution in [1.29, 1.82) is 0 Å². The lowest BCUT2D eigenvalue weighted by atomic mass is 9.93. The second-order valence-corrected chi connectivity index (χ2v) is 7.34. The molecule has 1 aliphatic rings. The molecule has 0 aliphatic carbocycles. The lowest BCUT2D eigenvalue weighted by molar-refractivity contribution is -0.117. The quantitative estimate of drug-likeness (QED) is 0.551. The van der Waals surface area contributed by atoms with Crippen molar-refractivity contribution in [3.8, 4) is 5.75 Å². The molecule has 1 aliphatic heterocycles. The Hall–Kier alpha value is -2.34. The van der Waals surface area contributed by atoms with E-state index in [1.54, 1.807) is 0 Å². The Labute approximate surface area is 176 Å². The highest BCUT2D eigenvalue weighted by Gasteiger charge is 2.19. The van der Waals surface area contributed by atoms with Crippen molar-refractivity contribution in [2.75, 3.05) is 32.8 Å². The summed E-state index contributed by atoms with van der Waals surface area (Å²) in [5.74, 6) is 0.690. The van der Waals surface area contributed by atoms with Crippen molar-refractivity contribution >= 4 is 23.1 Å². The first-order valence-corrected chi connectivity index (χ1v) is 10.4. The zero-order valence-electron chi connectivity index (χ0n) is 16.4. The Balaban J connectivity index is 1.60. The predicted octanol–water partition coefficient (Wildman–Crippen LogP) is 3.21. The van der Waals surface area contributed by atoms with Crippen LogP contribution >= 0.6 is 11.6 Å². The van der Waals surface area contributed by atoms with E-state index in [0.29, 0.717) is 18.8 Å². The largest absolute Gasteiger partial charge is 0.491 e. The van der Waals surface area contributed by atoms with Crippen LogP contribution in [0.15, 0.2) is 54.1 Å². The fourth-order valence-electron chi connectivity index (χ4n) is 3.42. The Morgan fingerprint density at radius 1 is 1.17 bits per heavy atom. The first kappa shape index (κ1) is 21.4. The Kier molecular flexibility index (Phi) is 8.11. The monoisotopic (exact) mass is 414 g/mol. The Morgan fingerprint density at radius 2 is 1.97 bits per heavy atom. The predicted molar refractivity (Wildman–Crippen MR) is 116 cm³/mol. The number of carbonyl (C=O) groups excluding carboxylic acids is 1. The minimum absolute atomic E-state index is 0.0145. The third-order valence-electron chi connectivity index (χ3n) is 4.92. The highest BCUT2D eigenvalue weighted by Crippen LogP contribution is 2.26. The highest BCUT2D eigenvalue weighted by molar-refractivity contribution is 6.31. The number of hydrogen-bond donors (Lipinski definition) is 3. The second kappa shape index (κ2) is 11.0. The summed E-state index contributed by atoms with van der Waals surface area (Å²) in [6.07, 6.45) is 2.47. The molecule has 29 heavy (non-hydrogen) atoms. The molecule has 0 radical (unpaired) electrons. The number of nitrogens with one attached hydrogen (secondary N) is 2. The van der Waals surface area contributed by atoms with E-state index >= 15 is 0 Å². The summed E-state index contributed by atoms with van der Waals surface area (Å²) in [5.41, 5.74) is 3.99. The first-order valence-electron chi connectivity index (χ1n) is 9.97. The molecular formula is C23H27ClN2O3. The molecule has 3 rings (SSSR count). The molecule has 0 spiro atoms. The number of carbonyl (C=O) groups is 1. The number of benzene rings is 2. The van der Waals surface area contributed by atoms with Crippen LogP contribution < -0.4 is 15.4 Å². The average Bonchev–Trinajstić information content (AvgIpc) is 2.76. The van der Waals surface area contributed by atoms with Gasteiger partial charge < -0.3 is 20.5 Å². The SMILES string of the molecule is O=C(NCCCc1ccccc1Cl)C1=C(c2ccc(OCCO)cc2)CCNC1. The number of ether oxygens (including phenoxy) is 1. The molecule has 0 aromatic heterocycles. The smallest absolute Gasteiger partial charge is 0.248 e. The van der Waals surface area contributed by atoms with E-state index in [9.17, 15) is 4.79 Å². The molecule has 0 saturated carbocycles. The van der Waals surface area contributed by atoms with E-state index in [1.165, 1.54) is 0 Å². The van der Waals surface area contributed by atoms with E-state index < -0.39 is 0 Å². The zero-order chi connectivity index (χ0) is 20.5. The standard InChI is InChI=1S/C23H27ClN2O3/c24-22-6-2-1-4-18(22)5-3-12-26-23(28)21-16-25-13-11-20(21)17-7-9-19(10-8-17)29-15-14-27/h1-2,4,6-10,25,27H,3,5,11-16H2,(H,26,28). The zero-order valence-corrected chi connectivity index (χ0v) is 17.2. The molecule has 3 N–H and O–H groups in total. The van der Waals surface area contributed by atoms with Crippen molar-refractivity contribution in [2.45, 2.75) is 19.3 Å². The summed E-state index contributed by atoms with van der Waals surface area (Å²) < 4.78 is 5.42. The molecule has 5 nitrogen and oxygen atoms in total. The molecule has 1 amide bonds. The van der Waals surface area contributed by atoms with Crippen molar-refractivity contribution in [2.24, 2.45) is 0 Å². The molecule has 0 saturated heterocycles. The molecular weight excluding hydrogens is 388 g/mol. The van der Waals surface area contributed by atoms with Crippen LogP contribution in [0.5, 0.6) is 5.75 Å². The molecule has 0 fully saturated rings. The van der Waals surface area contributed by atoms with E-state index in [4.69, 9.17) is 21.4 Å². The van der Waals surface area contributed by atoms with Gasteiger partial charge in [0.25, 0.3) is 0 Å². The van der Waals surface area contributed by atoms with Gasteiger partial charge in [0, 0.05) is 23.7 Å². The van der Waals surface area contributed by atoms with Gasteiger partial charge in [0.2, 0.25) is 5.91 Å². The van der Waals surface area contributed by atoms with Gasteiger partial charge in [-0.15, -0.1) is 0 Å².